The Morgan fingerprint density at radius 1 is 1.24 bits per heavy atom. The van der Waals surface area contributed by atoms with Crippen LogP contribution in [0.25, 0.3) is 11.1 Å². The zero-order valence-electron chi connectivity index (χ0n) is 23.3. The van der Waals surface area contributed by atoms with Gasteiger partial charge in [0.15, 0.2) is 0 Å². The zero-order chi connectivity index (χ0) is 29.3. The number of aromatic nitrogens is 3. The van der Waals surface area contributed by atoms with Crippen LogP contribution in [0.2, 0.25) is 0 Å². The molecule has 3 aromatic rings. The molecule has 2 bridgehead atoms. The number of halogens is 1. The molecule has 1 aliphatic carbocycles. The summed E-state index contributed by atoms with van der Waals surface area (Å²) < 4.78 is 14.8. The maximum absolute atomic E-state index is 13.0. The molecule has 2 aromatic heterocycles. The van der Waals surface area contributed by atoms with E-state index in [1.54, 1.807) is 37.1 Å². The van der Waals surface area contributed by atoms with Gasteiger partial charge in [0.25, 0.3) is 11.2 Å². The van der Waals surface area contributed by atoms with E-state index in [1.165, 1.54) is 30.0 Å². The summed E-state index contributed by atoms with van der Waals surface area (Å²) >= 11 is 3.45. The molecule has 6 rings (SSSR count). The summed E-state index contributed by atoms with van der Waals surface area (Å²) in [5.41, 5.74) is 1.07. The lowest BCUT2D eigenvalue weighted by atomic mass is 9.78. The van der Waals surface area contributed by atoms with E-state index in [9.17, 15) is 19.7 Å². The molecule has 4 heterocycles. The molecule has 0 atom stereocenters. The molecular weight excluding hydrogens is 596 g/mol. The van der Waals surface area contributed by atoms with Gasteiger partial charge in [-0.3, -0.25) is 19.8 Å². The number of methoxy groups -OCH3 is 1. The van der Waals surface area contributed by atoms with Crippen molar-refractivity contribution in [1.29, 1.82) is 0 Å². The van der Waals surface area contributed by atoms with Gasteiger partial charge in [-0.05, 0) is 49.8 Å². The number of fused-ring (bicyclic) bond motifs is 4. The van der Waals surface area contributed by atoms with Crippen LogP contribution in [0.15, 0.2) is 45.9 Å². The summed E-state index contributed by atoms with van der Waals surface area (Å²) in [6.07, 6.45) is 6.97. The Balaban J connectivity index is 1.33. The molecule has 2 aliphatic heterocycles. The highest BCUT2D eigenvalue weighted by molar-refractivity contribution is 9.10. The number of aryl methyl sites for hydroxylation is 2. The third-order valence-corrected chi connectivity index (χ3v) is 8.58. The normalized spacial score (nSPS) is 20.4. The average molecular weight is 630 g/mol. The third-order valence-electron chi connectivity index (χ3n) is 8.09. The predicted octanol–water partition coefficient (Wildman–Crippen LogP) is 3.98. The summed E-state index contributed by atoms with van der Waals surface area (Å²) in [4.78, 5) is 38.8. The Labute approximate surface area is 245 Å². The zero-order valence-corrected chi connectivity index (χ0v) is 24.8. The first kappa shape index (κ1) is 28.8. The quantitative estimate of drug-likeness (QED) is 0.212. The highest BCUT2D eigenvalue weighted by atomic mass is 79.9. The van der Waals surface area contributed by atoms with Crippen molar-refractivity contribution in [2.75, 3.05) is 38.7 Å². The summed E-state index contributed by atoms with van der Waals surface area (Å²) in [5.74, 6) is 0.445. The molecular formula is C28H33BrN6O6. The Morgan fingerprint density at radius 3 is 2.71 bits per heavy atom. The van der Waals surface area contributed by atoms with Crippen molar-refractivity contribution in [3.63, 3.8) is 0 Å². The van der Waals surface area contributed by atoms with Crippen LogP contribution in [0.5, 0.6) is 5.88 Å². The van der Waals surface area contributed by atoms with Crippen LogP contribution < -0.4 is 15.6 Å². The van der Waals surface area contributed by atoms with E-state index in [0.29, 0.717) is 41.8 Å². The molecule has 12 nitrogen and oxygen atoms in total. The van der Waals surface area contributed by atoms with Crippen molar-refractivity contribution in [2.24, 2.45) is 20.0 Å². The van der Waals surface area contributed by atoms with Crippen molar-refractivity contribution in [3.8, 4) is 17.0 Å². The number of nitro groups is 1. The van der Waals surface area contributed by atoms with Gasteiger partial charge in [0.1, 0.15) is 12.3 Å². The third kappa shape index (κ3) is 6.01. The van der Waals surface area contributed by atoms with Crippen LogP contribution in [0.3, 0.4) is 0 Å². The minimum atomic E-state index is -0.542. The number of esters is 1. The van der Waals surface area contributed by atoms with Crippen LogP contribution in [0.4, 0.5) is 11.4 Å². The number of rotatable bonds is 9. The maximum Gasteiger partial charge on any atom is 0.339 e. The van der Waals surface area contributed by atoms with Gasteiger partial charge in [-0.25, -0.2) is 9.48 Å². The van der Waals surface area contributed by atoms with Crippen LogP contribution in [-0.4, -0.2) is 69.0 Å². The van der Waals surface area contributed by atoms with Crippen LogP contribution in [-0.2, 0) is 18.8 Å². The Bertz CT molecular complexity index is 1530. The van der Waals surface area contributed by atoms with E-state index >= 15 is 0 Å². The van der Waals surface area contributed by atoms with Gasteiger partial charge in [-0.1, -0.05) is 15.9 Å². The first-order valence-electron chi connectivity index (χ1n) is 13.5. The number of nitro benzene ring substituents is 1. The molecule has 1 saturated carbocycles. The van der Waals surface area contributed by atoms with E-state index in [4.69, 9.17) is 9.47 Å². The second kappa shape index (κ2) is 11.6. The highest BCUT2D eigenvalue weighted by Crippen LogP contribution is 2.41. The largest absolute Gasteiger partial charge is 0.476 e. The van der Waals surface area contributed by atoms with Gasteiger partial charge >= 0.3 is 5.97 Å². The molecule has 0 amide bonds. The molecule has 3 aliphatic rings. The first-order valence-corrected chi connectivity index (χ1v) is 14.3. The molecule has 218 valence electrons. The lowest BCUT2D eigenvalue weighted by molar-refractivity contribution is -0.384. The fraction of sp³-hybridized carbons (Fsp3) is 0.464. The molecule has 0 radical (unpaired) electrons. The number of anilines is 1. The second-order valence-electron chi connectivity index (χ2n) is 10.9. The van der Waals surface area contributed by atoms with Crippen LogP contribution in [0, 0.1) is 16.0 Å². The molecule has 0 spiro atoms. The smallest absolute Gasteiger partial charge is 0.339 e. The predicted molar refractivity (Wildman–Crippen MR) is 156 cm³/mol. The summed E-state index contributed by atoms with van der Waals surface area (Å²) in [6.45, 7) is 2.64. The van der Waals surface area contributed by atoms with Gasteiger partial charge in [0, 0.05) is 50.5 Å². The Kier molecular flexibility index (Phi) is 8.18. The number of benzene rings is 1. The number of nitrogens with one attached hydrogen (secondary N) is 1. The lowest BCUT2D eigenvalue weighted by Gasteiger charge is -2.39. The number of carbonyl (C=O) groups excluding carboxylic acids is 1. The topological polar surface area (TPSA) is 134 Å². The van der Waals surface area contributed by atoms with Crippen molar-refractivity contribution in [2.45, 2.75) is 31.2 Å². The van der Waals surface area contributed by atoms with E-state index in [0.717, 1.165) is 43.2 Å². The number of ether oxygens (including phenoxy) is 2. The van der Waals surface area contributed by atoms with E-state index < -0.39 is 5.97 Å². The van der Waals surface area contributed by atoms with Gasteiger partial charge in [0.2, 0.25) is 5.88 Å². The minimum Gasteiger partial charge on any atom is -0.476 e. The van der Waals surface area contributed by atoms with Gasteiger partial charge in [-0.2, -0.15) is 5.10 Å². The maximum atomic E-state index is 13.0. The molecule has 1 aromatic carbocycles. The van der Waals surface area contributed by atoms with E-state index in [-0.39, 0.29) is 27.3 Å². The van der Waals surface area contributed by atoms with Gasteiger partial charge in [-0.15, -0.1) is 0 Å². The average Bonchev–Trinajstić information content (AvgIpc) is 3.10. The molecule has 2 saturated heterocycles. The minimum absolute atomic E-state index is 0.0648. The van der Waals surface area contributed by atoms with Crippen LogP contribution >= 0.6 is 15.9 Å². The lowest BCUT2D eigenvalue weighted by Crippen LogP contribution is -2.48. The molecule has 41 heavy (non-hydrogen) atoms. The highest BCUT2D eigenvalue weighted by Gasteiger charge is 2.41. The molecule has 1 N–H and O–H groups in total. The fourth-order valence-electron chi connectivity index (χ4n) is 6.00. The summed E-state index contributed by atoms with van der Waals surface area (Å²) in [7, 11) is 4.61. The van der Waals surface area contributed by atoms with Crippen molar-refractivity contribution < 1.29 is 19.2 Å². The monoisotopic (exact) mass is 628 g/mol. The van der Waals surface area contributed by atoms with Gasteiger partial charge < -0.3 is 19.4 Å². The number of carbonyl (C=O) groups is 1. The summed E-state index contributed by atoms with van der Waals surface area (Å²) in [5, 5.41) is 19.6. The van der Waals surface area contributed by atoms with Crippen molar-refractivity contribution >= 4 is 33.3 Å². The second-order valence-corrected chi connectivity index (χ2v) is 11.8. The SMILES string of the molecule is COC(=O)c1cc(-c2cnn(C)c2OCCN2CC3CCC(Nc4cc(Br)ccc4[N+](=O)[O-])(CC3)C2)c(=O)n(C)c1. The number of pyridine rings is 1. The molecule has 13 heteroatoms. The standard InChI is InChI=1S/C28H33BrN6O6/c1-32-16-19(27(37)40-3)12-21(25(32)36)22-14-30-33(2)26(22)41-11-10-34-15-18-6-8-28(17-34,9-7-18)31-23-13-20(29)4-5-24(23)35(38)39/h4-5,12-14,16,18,31H,6-11,15,17H2,1-3H3. The van der Waals surface area contributed by atoms with Crippen molar-refractivity contribution in [1.82, 2.24) is 19.2 Å². The van der Waals surface area contributed by atoms with E-state index in [1.807, 2.05) is 0 Å². The molecule has 0 unspecified atom stereocenters. The van der Waals surface area contributed by atoms with Gasteiger partial charge in [0.05, 0.1) is 40.5 Å². The fourth-order valence-corrected chi connectivity index (χ4v) is 6.37. The molecule has 3 fully saturated rings. The van der Waals surface area contributed by atoms with Crippen LogP contribution in [0.1, 0.15) is 36.0 Å². The Hall–Kier alpha value is -3.71. The Morgan fingerprint density at radius 2 is 2.00 bits per heavy atom. The van der Waals surface area contributed by atoms with E-state index in [2.05, 4.69) is 31.2 Å². The number of hydrogen-bond acceptors (Lipinski definition) is 9. The first-order chi connectivity index (χ1) is 19.6. The summed E-state index contributed by atoms with van der Waals surface area (Å²) in [6, 6.07) is 6.49. The number of hydrogen-bond donors (Lipinski definition) is 1. The number of nitrogens with zero attached hydrogens (tertiary/aromatic N) is 5. The van der Waals surface area contributed by atoms with Crippen molar-refractivity contribution in [3.05, 3.63) is 67.2 Å².